The van der Waals surface area contributed by atoms with E-state index in [2.05, 4.69) is 20.5 Å². The summed E-state index contributed by atoms with van der Waals surface area (Å²) in [6, 6.07) is 12.0. The van der Waals surface area contributed by atoms with Gasteiger partial charge >= 0.3 is 0 Å². The fourth-order valence-electron chi connectivity index (χ4n) is 2.05. The first-order chi connectivity index (χ1) is 10.1. The van der Waals surface area contributed by atoms with Crippen LogP contribution in [0.5, 0.6) is 0 Å². The Morgan fingerprint density at radius 1 is 1.19 bits per heavy atom. The van der Waals surface area contributed by atoms with Crippen molar-refractivity contribution in [1.29, 1.82) is 0 Å². The molecule has 106 valence electrons. The predicted octanol–water partition coefficient (Wildman–Crippen LogP) is 3.22. The lowest BCUT2D eigenvalue weighted by molar-refractivity contribution is -0.118. The Morgan fingerprint density at radius 3 is 2.67 bits per heavy atom. The number of H-pyrrole nitrogens is 1. The van der Waals surface area contributed by atoms with E-state index in [1.807, 2.05) is 50.2 Å². The molecule has 0 saturated heterocycles. The molecule has 0 radical (unpaired) electrons. The second-order valence-electron chi connectivity index (χ2n) is 5.20. The summed E-state index contributed by atoms with van der Waals surface area (Å²) in [4.78, 5) is 16.2. The first-order valence-electron chi connectivity index (χ1n) is 6.85. The van der Waals surface area contributed by atoms with Gasteiger partial charge in [-0.3, -0.25) is 9.89 Å². The standard InChI is InChI=1S/C16H16N4O/c1-10(2)16(21)18-15-13-8-12(9-17-14(13)19-20-15)11-6-4-3-5-7-11/h3-10H,1-2H3,(H2,17,18,19,20,21). The van der Waals surface area contributed by atoms with Gasteiger partial charge in [0, 0.05) is 17.7 Å². The monoisotopic (exact) mass is 280 g/mol. The van der Waals surface area contributed by atoms with E-state index in [9.17, 15) is 4.79 Å². The zero-order valence-corrected chi connectivity index (χ0v) is 11.9. The number of hydrogen-bond donors (Lipinski definition) is 2. The molecule has 0 fully saturated rings. The molecule has 0 aliphatic rings. The Hall–Kier alpha value is -2.69. The van der Waals surface area contributed by atoms with Gasteiger partial charge in [0.15, 0.2) is 5.65 Å². The molecule has 3 aromatic rings. The van der Waals surface area contributed by atoms with Crippen LogP contribution in [0.2, 0.25) is 0 Å². The summed E-state index contributed by atoms with van der Waals surface area (Å²) in [5.41, 5.74) is 2.66. The molecule has 1 amide bonds. The summed E-state index contributed by atoms with van der Waals surface area (Å²) in [7, 11) is 0. The summed E-state index contributed by atoms with van der Waals surface area (Å²) in [6.07, 6.45) is 1.78. The van der Waals surface area contributed by atoms with Gasteiger partial charge in [-0.2, -0.15) is 5.10 Å². The maximum Gasteiger partial charge on any atom is 0.228 e. The first kappa shape index (κ1) is 13.3. The zero-order chi connectivity index (χ0) is 14.8. The van der Waals surface area contributed by atoms with Crippen LogP contribution in [-0.4, -0.2) is 21.1 Å². The summed E-state index contributed by atoms with van der Waals surface area (Å²) in [6.45, 7) is 3.70. The molecule has 2 aromatic heterocycles. The van der Waals surface area contributed by atoms with Gasteiger partial charge in [-0.1, -0.05) is 44.2 Å². The van der Waals surface area contributed by atoms with Crippen LogP contribution in [0.25, 0.3) is 22.2 Å². The lowest BCUT2D eigenvalue weighted by Gasteiger charge is -2.06. The number of carbonyl (C=O) groups excluding carboxylic acids is 1. The van der Waals surface area contributed by atoms with Gasteiger partial charge in [-0.25, -0.2) is 4.98 Å². The summed E-state index contributed by atoms with van der Waals surface area (Å²) in [5.74, 6) is 0.452. The number of rotatable bonds is 3. The minimum atomic E-state index is -0.0892. The topological polar surface area (TPSA) is 70.7 Å². The van der Waals surface area contributed by atoms with Crippen molar-refractivity contribution in [3.63, 3.8) is 0 Å². The van der Waals surface area contributed by atoms with Crippen molar-refractivity contribution in [3.8, 4) is 11.1 Å². The third-order valence-electron chi connectivity index (χ3n) is 3.29. The Labute approximate surface area is 122 Å². The van der Waals surface area contributed by atoms with Crippen LogP contribution in [-0.2, 0) is 4.79 Å². The zero-order valence-electron chi connectivity index (χ0n) is 11.9. The number of carbonyl (C=O) groups is 1. The molecule has 5 nitrogen and oxygen atoms in total. The minimum Gasteiger partial charge on any atom is -0.310 e. The molecule has 3 rings (SSSR count). The number of fused-ring (bicyclic) bond motifs is 1. The quantitative estimate of drug-likeness (QED) is 0.773. The lowest BCUT2D eigenvalue weighted by Crippen LogP contribution is -2.18. The normalized spacial score (nSPS) is 11.0. The van der Waals surface area contributed by atoms with E-state index >= 15 is 0 Å². The fraction of sp³-hybridized carbons (Fsp3) is 0.188. The van der Waals surface area contributed by atoms with E-state index in [0.29, 0.717) is 11.5 Å². The molecule has 0 saturated carbocycles. The van der Waals surface area contributed by atoms with Crippen molar-refractivity contribution in [2.45, 2.75) is 13.8 Å². The van der Waals surface area contributed by atoms with Crippen LogP contribution in [0.4, 0.5) is 5.82 Å². The summed E-state index contributed by atoms with van der Waals surface area (Å²) >= 11 is 0. The van der Waals surface area contributed by atoms with Crippen LogP contribution < -0.4 is 5.32 Å². The number of nitrogens with one attached hydrogen (secondary N) is 2. The second kappa shape index (κ2) is 5.36. The van der Waals surface area contributed by atoms with Crippen molar-refractivity contribution in [2.24, 2.45) is 5.92 Å². The highest BCUT2D eigenvalue weighted by Crippen LogP contribution is 2.25. The molecule has 2 N–H and O–H groups in total. The minimum absolute atomic E-state index is 0.0503. The van der Waals surface area contributed by atoms with E-state index in [1.54, 1.807) is 6.20 Å². The Morgan fingerprint density at radius 2 is 1.95 bits per heavy atom. The van der Waals surface area contributed by atoms with Crippen molar-refractivity contribution in [2.75, 3.05) is 5.32 Å². The maximum atomic E-state index is 11.8. The molecule has 0 spiro atoms. The Bertz CT molecular complexity index is 777. The highest BCUT2D eigenvalue weighted by atomic mass is 16.1. The number of pyridine rings is 1. The summed E-state index contributed by atoms with van der Waals surface area (Å²) in [5, 5.41) is 10.6. The molecular formula is C16H16N4O. The van der Waals surface area contributed by atoms with Gasteiger partial charge in [-0.15, -0.1) is 0 Å². The van der Waals surface area contributed by atoms with Crippen molar-refractivity contribution >= 4 is 22.8 Å². The lowest BCUT2D eigenvalue weighted by atomic mass is 10.1. The molecule has 0 unspecified atom stereocenters. The highest BCUT2D eigenvalue weighted by Gasteiger charge is 2.13. The van der Waals surface area contributed by atoms with Gasteiger partial charge in [-0.05, 0) is 11.6 Å². The number of hydrogen-bond acceptors (Lipinski definition) is 3. The fourth-order valence-corrected chi connectivity index (χ4v) is 2.05. The number of nitrogens with zero attached hydrogens (tertiary/aromatic N) is 2. The van der Waals surface area contributed by atoms with Crippen LogP contribution >= 0.6 is 0 Å². The molecule has 1 aromatic carbocycles. The molecular weight excluding hydrogens is 264 g/mol. The Balaban J connectivity index is 2.02. The van der Waals surface area contributed by atoms with Gasteiger partial charge in [0.05, 0.1) is 5.39 Å². The molecule has 0 aliphatic carbocycles. The van der Waals surface area contributed by atoms with Gasteiger partial charge in [0.1, 0.15) is 5.82 Å². The van der Waals surface area contributed by atoms with Crippen molar-refractivity contribution in [3.05, 3.63) is 42.6 Å². The van der Waals surface area contributed by atoms with E-state index in [4.69, 9.17) is 0 Å². The van der Waals surface area contributed by atoms with Crippen LogP contribution in [0.15, 0.2) is 42.6 Å². The average molecular weight is 280 g/mol. The first-order valence-corrected chi connectivity index (χ1v) is 6.85. The van der Waals surface area contributed by atoms with Crippen molar-refractivity contribution < 1.29 is 4.79 Å². The van der Waals surface area contributed by atoms with E-state index in [1.165, 1.54) is 0 Å². The van der Waals surface area contributed by atoms with Gasteiger partial charge < -0.3 is 5.32 Å². The van der Waals surface area contributed by atoms with Crippen LogP contribution in [0, 0.1) is 5.92 Å². The molecule has 21 heavy (non-hydrogen) atoms. The number of aromatic amines is 1. The van der Waals surface area contributed by atoms with Crippen LogP contribution in [0.1, 0.15) is 13.8 Å². The van der Waals surface area contributed by atoms with Gasteiger partial charge in [0.25, 0.3) is 0 Å². The molecule has 0 aliphatic heterocycles. The summed E-state index contributed by atoms with van der Waals surface area (Å²) < 4.78 is 0. The smallest absolute Gasteiger partial charge is 0.228 e. The largest absolute Gasteiger partial charge is 0.310 e. The third-order valence-corrected chi connectivity index (χ3v) is 3.29. The van der Waals surface area contributed by atoms with E-state index in [-0.39, 0.29) is 11.8 Å². The predicted molar refractivity (Wildman–Crippen MR) is 82.8 cm³/mol. The average Bonchev–Trinajstić information content (AvgIpc) is 2.90. The van der Waals surface area contributed by atoms with E-state index < -0.39 is 0 Å². The van der Waals surface area contributed by atoms with Gasteiger partial charge in [0.2, 0.25) is 5.91 Å². The van der Waals surface area contributed by atoms with Crippen molar-refractivity contribution in [1.82, 2.24) is 15.2 Å². The highest BCUT2D eigenvalue weighted by molar-refractivity contribution is 6.00. The van der Waals surface area contributed by atoms with E-state index in [0.717, 1.165) is 16.5 Å². The second-order valence-corrected chi connectivity index (χ2v) is 5.20. The third kappa shape index (κ3) is 2.63. The SMILES string of the molecule is CC(C)C(=O)Nc1[nH]nc2ncc(-c3ccccc3)cc12. The Kier molecular flexibility index (Phi) is 3.39. The molecule has 5 heteroatoms. The number of aromatic nitrogens is 3. The maximum absolute atomic E-state index is 11.8. The molecule has 2 heterocycles. The number of amides is 1. The molecule has 0 bridgehead atoms. The molecule has 0 atom stereocenters. The number of benzene rings is 1. The number of anilines is 1. The van der Waals surface area contributed by atoms with Crippen LogP contribution in [0.3, 0.4) is 0 Å².